The molecule has 0 bridgehead atoms. The minimum absolute atomic E-state index is 0.165. The molecule has 2 aromatic carbocycles. The molecule has 1 amide bonds. The van der Waals surface area contributed by atoms with Gasteiger partial charge in [-0.05, 0) is 43.3 Å². The maximum absolute atomic E-state index is 13.8. The standard InChI is InChI=1S/C23H21F3N6OS/c1-14(21(33)27-19-12-17(25)6-7-18(19)26)30-8-10-31(11-9-30)23-29-32-13-20(28-22(32)34-23)15-2-4-16(24)5-3-15/h2-7,12-14H,8-11H2,1H3,(H,27,33)/t14-/m1/s1. The van der Waals surface area contributed by atoms with Gasteiger partial charge in [-0.3, -0.25) is 9.69 Å². The van der Waals surface area contributed by atoms with Gasteiger partial charge in [-0.25, -0.2) is 22.7 Å². The summed E-state index contributed by atoms with van der Waals surface area (Å²) in [6.45, 7) is 4.30. The molecule has 0 saturated carbocycles. The van der Waals surface area contributed by atoms with E-state index in [2.05, 4.69) is 20.3 Å². The summed E-state index contributed by atoms with van der Waals surface area (Å²) in [6, 6.07) is 8.63. The van der Waals surface area contributed by atoms with Gasteiger partial charge in [-0.1, -0.05) is 11.3 Å². The number of nitrogens with zero attached hydrogens (tertiary/aromatic N) is 5. The summed E-state index contributed by atoms with van der Waals surface area (Å²) in [5.41, 5.74) is 1.38. The number of amides is 1. The Morgan fingerprint density at radius 3 is 2.44 bits per heavy atom. The molecule has 34 heavy (non-hydrogen) atoms. The summed E-state index contributed by atoms with van der Waals surface area (Å²) >= 11 is 1.46. The van der Waals surface area contributed by atoms with Gasteiger partial charge in [0.25, 0.3) is 0 Å². The van der Waals surface area contributed by atoms with E-state index in [4.69, 9.17) is 0 Å². The lowest BCUT2D eigenvalue weighted by Crippen LogP contribution is -2.52. The maximum Gasteiger partial charge on any atom is 0.241 e. The number of imidazole rings is 1. The highest BCUT2D eigenvalue weighted by Crippen LogP contribution is 2.28. The number of aromatic nitrogens is 3. The maximum atomic E-state index is 13.8. The number of benzene rings is 2. The van der Waals surface area contributed by atoms with Crippen LogP contribution in [-0.2, 0) is 4.79 Å². The first-order chi connectivity index (χ1) is 16.4. The van der Waals surface area contributed by atoms with Crippen LogP contribution in [-0.4, -0.2) is 57.6 Å². The van der Waals surface area contributed by atoms with Crippen LogP contribution in [0.3, 0.4) is 0 Å². The summed E-state index contributed by atoms with van der Waals surface area (Å²) in [4.78, 5) is 22.0. The average molecular weight is 487 g/mol. The Labute approximate surface area is 197 Å². The van der Waals surface area contributed by atoms with Crippen molar-refractivity contribution in [3.63, 3.8) is 0 Å². The predicted octanol–water partition coefficient (Wildman–Crippen LogP) is 4.02. The zero-order chi connectivity index (χ0) is 23.8. The van der Waals surface area contributed by atoms with Gasteiger partial charge in [0.2, 0.25) is 16.0 Å². The molecule has 0 spiro atoms. The van der Waals surface area contributed by atoms with Gasteiger partial charge in [-0.2, -0.15) is 0 Å². The minimum Gasteiger partial charge on any atom is -0.344 e. The number of carbonyl (C=O) groups excluding carboxylic acids is 1. The fraction of sp³-hybridized carbons (Fsp3) is 0.261. The first-order valence-electron chi connectivity index (χ1n) is 10.7. The van der Waals surface area contributed by atoms with Crippen molar-refractivity contribution in [1.82, 2.24) is 19.5 Å². The average Bonchev–Trinajstić information content (AvgIpc) is 3.41. The molecule has 1 aliphatic rings. The second-order valence-corrected chi connectivity index (χ2v) is 8.99. The molecule has 11 heteroatoms. The highest BCUT2D eigenvalue weighted by molar-refractivity contribution is 7.20. The summed E-state index contributed by atoms with van der Waals surface area (Å²) in [5, 5.41) is 7.93. The van der Waals surface area contributed by atoms with Crippen molar-refractivity contribution in [3.8, 4) is 11.3 Å². The molecule has 1 fully saturated rings. The Morgan fingerprint density at radius 1 is 1.03 bits per heavy atom. The minimum atomic E-state index is -0.678. The fourth-order valence-electron chi connectivity index (χ4n) is 3.87. The highest BCUT2D eigenvalue weighted by atomic mass is 32.1. The van der Waals surface area contributed by atoms with E-state index in [9.17, 15) is 18.0 Å². The van der Waals surface area contributed by atoms with Crippen LogP contribution < -0.4 is 10.2 Å². The Hall–Kier alpha value is -3.44. The number of anilines is 2. The number of nitrogens with one attached hydrogen (secondary N) is 1. The van der Waals surface area contributed by atoms with Crippen molar-refractivity contribution in [2.75, 3.05) is 36.4 Å². The van der Waals surface area contributed by atoms with Crippen LogP contribution in [0.25, 0.3) is 16.2 Å². The molecule has 0 aliphatic carbocycles. The van der Waals surface area contributed by atoms with Crippen LogP contribution in [0.4, 0.5) is 24.0 Å². The molecule has 1 atom stereocenters. The third kappa shape index (κ3) is 4.48. The van der Waals surface area contributed by atoms with E-state index in [0.717, 1.165) is 39.5 Å². The number of carbonyl (C=O) groups is 1. The summed E-state index contributed by atoms with van der Waals surface area (Å²) in [7, 11) is 0. The van der Waals surface area contributed by atoms with E-state index in [1.807, 2.05) is 11.1 Å². The Kier molecular flexibility index (Phi) is 5.96. The quantitative estimate of drug-likeness (QED) is 0.462. The molecule has 176 valence electrons. The number of halogens is 3. The molecular formula is C23H21F3N6OS. The monoisotopic (exact) mass is 486 g/mol. The molecule has 3 heterocycles. The normalized spacial score (nSPS) is 15.6. The van der Waals surface area contributed by atoms with Gasteiger partial charge in [0.05, 0.1) is 23.6 Å². The molecule has 5 rings (SSSR count). The first-order valence-corrected chi connectivity index (χ1v) is 11.6. The smallest absolute Gasteiger partial charge is 0.241 e. The van der Waals surface area contributed by atoms with Crippen molar-refractivity contribution in [3.05, 3.63) is 66.1 Å². The molecule has 0 radical (unpaired) electrons. The fourth-order valence-corrected chi connectivity index (χ4v) is 4.81. The lowest BCUT2D eigenvalue weighted by atomic mass is 10.2. The van der Waals surface area contributed by atoms with Crippen LogP contribution >= 0.6 is 11.3 Å². The van der Waals surface area contributed by atoms with E-state index in [1.165, 1.54) is 23.5 Å². The summed E-state index contributed by atoms with van der Waals surface area (Å²) in [6.07, 6.45) is 1.82. The second-order valence-electron chi connectivity index (χ2n) is 8.06. The molecule has 1 aliphatic heterocycles. The number of fused-ring (bicyclic) bond motifs is 1. The molecule has 1 saturated heterocycles. The Bertz CT molecular complexity index is 1300. The van der Waals surface area contributed by atoms with E-state index in [1.54, 1.807) is 23.6 Å². The van der Waals surface area contributed by atoms with Gasteiger partial charge in [0, 0.05) is 37.8 Å². The van der Waals surface area contributed by atoms with E-state index in [-0.39, 0.29) is 17.4 Å². The number of hydrogen-bond acceptors (Lipinski definition) is 6. The van der Waals surface area contributed by atoms with E-state index in [0.29, 0.717) is 26.2 Å². The van der Waals surface area contributed by atoms with Crippen LogP contribution in [0.5, 0.6) is 0 Å². The number of piperazine rings is 1. The number of rotatable bonds is 5. The zero-order valence-corrected chi connectivity index (χ0v) is 19.0. The van der Waals surface area contributed by atoms with Crippen LogP contribution in [0.15, 0.2) is 48.7 Å². The van der Waals surface area contributed by atoms with Crippen molar-refractivity contribution in [2.24, 2.45) is 0 Å². The zero-order valence-electron chi connectivity index (χ0n) is 18.2. The van der Waals surface area contributed by atoms with Crippen molar-refractivity contribution in [2.45, 2.75) is 13.0 Å². The third-order valence-corrected chi connectivity index (χ3v) is 6.85. The van der Waals surface area contributed by atoms with Gasteiger partial charge in [0.15, 0.2) is 0 Å². The van der Waals surface area contributed by atoms with Crippen LogP contribution in [0, 0.1) is 17.5 Å². The van der Waals surface area contributed by atoms with Crippen molar-refractivity contribution >= 4 is 33.0 Å². The van der Waals surface area contributed by atoms with Crippen molar-refractivity contribution in [1.29, 1.82) is 0 Å². The lowest BCUT2D eigenvalue weighted by Gasteiger charge is -2.37. The van der Waals surface area contributed by atoms with Gasteiger partial charge >= 0.3 is 0 Å². The van der Waals surface area contributed by atoms with E-state index < -0.39 is 17.7 Å². The molecule has 0 unspecified atom stereocenters. The SMILES string of the molecule is C[C@H](C(=O)Nc1cc(F)ccc1F)N1CCN(c2nn3cc(-c4ccc(F)cc4)nc3s2)CC1. The largest absolute Gasteiger partial charge is 0.344 e. The number of hydrogen-bond donors (Lipinski definition) is 1. The molecule has 7 nitrogen and oxygen atoms in total. The lowest BCUT2D eigenvalue weighted by molar-refractivity contribution is -0.120. The summed E-state index contributed by atoms with van der Waals surface area (Å²) in [5.74, 6) is -1.98. The molecule has 4 aromatic rings. The first kappa shape index (κ1) is 22.4. The Balaban J connectivity index is 1.20. The van der Waals surface area contributed by atoms with Crippen molar-refractivity contribution < 1.29 is 18.0 Å². The van der Waals surface area contributed by atoms with Crippen LogP contribution in [0.2, 0.25) is 0 Å². The third-order valence-electron chi connectivity index (χ3n) is 5.87. The van der Waals surface area contributed by atoms with Gasteiger partial charge < -0.3 is 10.2 Å². The molecular weight excluding hydrogens is 465 g/mol. The van der Waals surface area contributed by atoms with Crippen LogP contribution in [0.1, 0.15) is 6.92 Å². The predicted molar refractivity (Wildman–Crippen MR) is 124 cm³/mol. The van der Waals surface area contributed by atoms with Gasteiger partial charge in [-0.15, -0.1) is 5.10 Å². The second kappa shape index (κ2) is 9.07. The molecule has 1 N–H and O–H groups in total. The Morgan fingerprint density at radius 2 is 1.74 bits per heavy atom. The topological polar surface area (TPSA) is 65.8 Å². The van der Waals surface area contributed by atoms with Gasteiger partial charge in [0.1, 0.15) is 17.5 Å². The highest BCUT2D eigenvalue weighted by Gasteiger charge is 2.27. The molecule has 2 aromatic heterocycles. The van der Waals surface area contributed by atoms with E-state index >= 15 is 0 Å². The summed E-state index contributed by atoms with van der Waals surface area (Å²) < 4.78 is 42.1.